The van der Waals surface area contributed by atoms with E-state index in [2.05, 4.69) is 15.0 Å². The molecular formula is C21H21N3O3S. The average molecular weight is 395 g/mol. The Morgan fingerprint density at radius 2 is 1.61 bits per heavy atom. The smallest absolute Gasteiger partial charge is 0.251 e. The van der Waals surface area contributed by atoms with Crippen molar-refractivity contribution in [2.45, 2.75) is 24.4 Å². The van der Waals surface area contributed by atoms with Gasteiger partial charge in [-0.15, -0.1) is 0 Å². The number of carbonyl (C=O) groups excluding carboxylic acids is 1. The van der Waals surface area contributed by atoms with Crippen LogP contribution >= 0.6 is 0 Å². The maximum atomic E-state index is 12.4. The van der Waals surface area contributed by atoms with Gasteiger partial charge in [0.2, 0.25) is 10.0 Å². The highest BCUT2D eigenvalue weighted by molar-refractivity contribution is 7.89. The predicted molar refractivity (Wildman–Crippen MR) is 107 cm³/mol. The Morgan fingerprint density at radius 1 is 0.964 bits per heavy atom. The molecule has 0 bridgehead atoms. The van der Waals surface area contributed by atoms with Crippen molar-refractivity contribution in [3.8, 4) is 0 Å². The second-order valence-electron chi connectivity index (χ2n) is 6.31. The molecule has 1 unspecified atom stereocenters. The average Bonchev–Trinajstić information content (AvgIpc) is 2.74. The third-order valence-electron chi connectivity index (χ3n) is 4.29. The Bertz CT molecular complexity index is 1020. The molecule has 0 aliphatic carbocycles. The van der Waals surface area contributed by atoms with E-state index in [0.29, 0.717) is 5.56 Å². The highest BCUT2D eigenvalue weighted by Crippen LogP contribution is 2.15. The molecule has 0 saturated heterocycles. The molecular weight excluding hydrogens is 374 g/mol. The Labute approximate surface area is 164 Å². The molecule has 0 fully saturated rings. The summed E-state index contributed by atoms with van der Waals surface area (Å²) in [6.45, 7) is 2.07. The molecule has 7 heteroatoms. The van der Waals surface area contributed by atoms with Crippen LogP contribution in [0.1, 0.15) is 34.5 Å². The summed E-state index contributed by atoms with van der Waals surface area (Å²) in [6, 6.07) is 18.8. The van der Waals surface area contributed by atoms with E-state index >= 15 is 0 Å². The molecule has 0 aliphatic heterocycles. The fraction of sp³-hybridized carbons (Fsp3) is 0.143. The standard InChI is InChI=1S/C21H21N3O3S/c1-16(18-5-3-2-4-6-18)24-21(25)19-7-9-20(10-8-19)28(26,27)23-15-17-11-13-22-14-12-17/h2-14,16,23H,15H2,1H3,(H,24,25). The van der Waals surface area contributed by atoms with E-state index < -0.39 is 10.0 Å². The highest BCUT2D eigenvalue weighted by Gasteiger charge is 2.16. The predicted octanol–water partition coefficient (Wildman–Crippen LogP) is 3.05. The van der Waals surface area contributed by atoms with Gasteiger partial charge in [-0.05, 0) is 54.4 Å². The number of pyridine rings is 1. The van der Waals surface area contributed by atoms with Gasteiger partial charge in [0.15, 0.2) is 0 Å². The third kappa shape index (κ3) is 5.03. The van der Waals surface area contributed by atoms with Crippen LogP contribution in [0, 0.1) is 0 Å². The van der Waals surface area contributed by atoms with Crippen LogP contribution in [-0.4, -0.2) is 19.3 Å². The topological polar surface area (TPSA) is 88.2 Å². The molecule has 1 heterocycles. The lowest BCUT2D eigenvalue weighted by molar-refractivity contribution is 0.0940. The van der Waals surface area contributed by atoms with Crippen molar-refractivity contribution in [1.29, 1.82) is 0 Å². The minimum absolute atomic E-state index is 0.106. The van der Waals surface area contributed by atoms with Gasteiger partial charge in [-0.3, -0.25) is 9.78 Å². The van der Waals surface area contributed by atoms with E-state index in [4.69, 9.17) is 0 Å². The molecule has 0 aliphatic rings. The van der Waals surface area contributed by atoms with Crippen molar-refractivity contribution >= 4 is 15.9 Å². The summed E-state index contributed by atoms with van der Waals surface area (Å²) in [5.41, 5.74) is 2.20. The summed E-state index contributed by atoms with van der Waals surface area (Å²) in [6.07, 6.45) is 3.21. The van der Waals surface area contributed by atoms with Crippen molar-refractivity contribution in [3.63, 3.8) is 0 Å². The van der Waals surface area contributed by atoms with Crippen molar-refractivity contribution in [2.75, 3.05) is 0 Å². The molecule has 1 aromatic heterocycles. The highest BCUT2D eigenvalue weighted by atomic mass is 32.2. The summed E-state index contributed by atoms with van der Waals surface area (Å²) in [4.78, 5) is 16.4. The van der Waals surface area contributed by atoms with E-state index in [9.17, 15) is 13.2 Å². The van der Waals surface area contributed by atoms with Crippen molar-refractivity contribution in [1.82, 2.24) is 15.0 Å². The van der Waals surface area contributed by atoms with Gasteiger partial charge in [0, 0.05) is 24.5 Å². The molecule has 3 aromatic rings. The summed E-state index contributed by atoms with van der Waals surface area (Å²) < 4.78 is 27.4. The zero-order valence-corrected chi connectivity index (χ0v) is 16.2. The maximum absolute atomic E-state index is 12.4. The lowest BCUT2D eigenvalue weighted by atomic mass is 10.1. The number of hydrogen-bond donors (Lipinski definition) is 2. The van der Waals surface area contributed by atoms with Gasteiger partial charge in [0.05, 0.1) is 10.9 Å². The molecule has 2 N–H and O–H groups in total. The number of sulfonamides is 1. The summed E-state index contributed by atoms with van der Waals surface area (Å²) >= 11 is 0. The van der Waals surface area contributed by atoms with Gasteiger partial charge in [-0.2, -0.15) is 0 Å². The second-order valence-corrected chi connectivity index (χ2v) is 8.08. The van der Waals surface area contributed by atoms with Gasteiger partial charge >= 0.3 is 0 Å². The zero-order chi connectivity index (χ0) is 20.0. The zero-order valence-electron chi connectivity index (χ0n) is 15.4. The number of aromatic nitrogens is 1. The first-order valence-electron chi connectivity index (χ1n) is 8.80. The van der Waals surface area contributed by atoms with E-state index in [1.54, 1.807) is 24.5 Å². The number of amides is 1. The lowest BCUT2D eigenvalue weighted by Gasteiger charge is -2.14. The second kappa shape index (κ2) is 8.77. The number of benzene rings is 2. The number of carbonyl (C=O) groups is 1. The number of nitrogens with one attached hydrogen (secondary N) is 2. The molecule has 0 saturated carbocycles. The van der Waals surface area contributed by atoms with Crippen LogP contribution in [-0.2, 0) is 16.6 Å². The van der Waals surface area contributed by atoms with E-state index in [1.807, 2.05) is 37.3 Å². The van der Waals surface area contributed by atoms with Crippen molar-refractivity contribution in [2.24, 2.45) is 0 Å². The van der Waals surface area contributed by atoms with Gasteiger partial charge in [0.1, 0.15) is 0 Å². The van der Waals surface area contributed by atoms with Gasteiger partial charge in [-0.1, -0.05) is 30.3 Å². The van der Waals surface area contributed by atoms with Crippen LogP contribution in [0.3, 0.4) is 0 Å². The van der Waals surface area contributed by atoms with Gasteiger partial charge in [-0.25, -0.2) is 13.1 Å². The Kier molecular flexibility index (Phi) is 6.18. The van der Waals surface area contributed by atoms with Crippen LogP contribution in [0.5, 0.6) is 0 Å². The van der Waals surface area contributed by atoms with Crippen LogP contribution in [0.25, 0.3) is 0 Å². The minimum Gasteiger partial charge on any atom is -0.346 e. The van der Waals surface area contributed by atoms with Crippen LogP contribution in [0.2, 0.25) is 0 Å². The minimum atomic E-state index is -3.67. The monoisotopic (exact) mass is 395 g/mol. The van der Waals surface area contributed by atoms with Gasteiger partial charge < -0.3 is 5.32 Å². The number of rotatable bonds is 7. The Morgan fingerprint density at radius 3 is 2.25 bits per heavy atom. The Hall–Kier alpha value is -3.03. The summed E-state index contributed by atoms with van der Waals surface area (Å²) in [5.74, 6) is -0.259. The number of hydrogen-bond acceptors (Lipinski definition) is 4. The molecule has 3 rings (SSSR count). The molecule has 144 valence electrons. The SMILES string of the molecule is CC(NC(=O)c1ccc(S(=O)(=O)NCc2ccncc2)cc1)c1ccccc1. The van der Waals surface area contributed by atoms with Crippen LogP contribution < -0.4 is 10.0 Å². The summed E-state index contributed by atoms with van der Waals surface area (Å²) in [5, 5.41) is 2.91. The first-order chi connectivity index (χ1) is 13.5. The van der Waals surface area contributed by atoms with Crippen molar-refractivity contribution in [3.05, 3.63) is 95.8 Å². The fourth-order valence-electron chi connectivity index (χ4n) is 2.65. The van der Waals surface area contributed by atoms with Crippen molar-refractivity contribution < 1.29 is 13.2 Å². The first kappa shape index (κ1) is 19.7. The molecule has 0 radical (unpaired) electrons. The van der Waals surface area contributed by atoms with Gasteiger partial charge in [0.25, 0.3) is 5.91 Å². The van der Waals surface area contributed by atoms with Crippen LogP contribution in [0.15, 0.2) is 84.0 Å². The molecule has 28 heavy (non-hydrogen) atoms. The van der Waals surface area contributed by atoms with E-state index in [1.165, 1.54) is 24.3 Å². The third-order valence-corrected chi connectivity index (χ3v) is 5.71. The Balaban J connectivity index is 1.64. The van der Waals surface area contributed by atoms with E-state index in [-0.39, 0.29) is 23.4 Å². The lowest BCUT2D eigenvalue weighted by Crippen LogP contribution is -2.27. The molecule has 6 nitrogen and oxygen atoms in total. The largest absolute Gasteiger partial charge is 0.346 e. The fourth-order valence-corrected chi connectivity index (χ4v) is 3.67. The maximum Gasteiger partial charge on any atom is 0.251 e. The summed E-state index contributed by atoms with van der Waals surface area (Å²) in [7, 11) is -3.67. The van der Waals surface area contributed by atoms with Crippen LogP contribution in [0.4, 0.5) is 0 Å². The number of nitrogens with zero attached hydrogens (tertiary/aromatic N) is 1. The molecule has 0 spiro atoms. The van der Waals surface area contributed by atoms with E-state index in [0.717, 1.165) is 11.1 Å². The normalized spacial score (nSPS) is 12.3. The molecule has 1 atom stereocenters. The quantitative estimate of drug-likeness (QED) is 0.644. The first-order valence-corrected chi connectivity index (χ1v) is 10.3. The molecule has 1 amide bonds. The molecule has 2 aromatic carbocycles.